The van der Waals surface area contributed by atoms with E-state index in [4.69, 9.17) is 23.2 Å². The van der Waals surface area contributed by atoms with Crippen molar-refractivity contribution in [2.75, 3.05) is 5.32 Å². The fourth-order valence-electron chi connectivity index (χ4n) is 1.98. The molecule has 0 aliphatic rings. The van der Waals surface area contributed by atoms with Crippen molar-refractivity contribution in [1.29, 1.82) is 0 Å². The second-order valence-corrected chi connectivity index (χ2v) is 8.56. The van der Waals surface area contributed by atoms with Crippen LogP contribution in [-0.4, -0.2) is 5.91 Å². The molecule has 122 valence electrons. The zero-order chi connectivity index (χ0) is 17.1. The van der Waals surface area contributed by atoms with E-state index in [1.807, 2.05) is 29.6 Å². The minimum Gasteiger partial charge on any atom is -0.314 e. The van der Waals surface area contributed by atoms with Gasteiger partial charge in [-0.3, -0.25) is 4.79 Å². The first kappa shape index (κ1) is 17.7. The largest absolute Gasteiger partial charge is 0.314 e. The molecule has 0 spiro atoms. The first-order valence-electron chi connectivity index (χ1n) is 6.79. The number of hydrogen-bond donors (Lipinski definition) is 1. The lowest BCUT2D eigenvalue weighted by atomic mass is 10.2. The molecule has 1 amide bonds. The fourth-order valence-corrected chi connectivity index (χ4v) is 4.83. The summed E-state index contributed by atoms with van der Waals surface area (Å²) in [6.45, 7) is 0. The monoisotopic (exact) mass is 457 g/mol. The van der Waals surface area contributed by atoms with Crippen LogP contribution in [0, 0.1) is 0 Å². The normalized spacial score (nSPS) is 11.1. The van der Waals surface area contributed by atoms with Crippen LogP contribution in [0.1, 0.15) is 4.88 Å². The van der Waals surface area contributed by atoms with Crippen LogP contribution in [0.2, 0.25) is 10.0 Å². The Morgan fingerprint density at radius 1 is 1.17 bits per heavy atom. The smallest absolute Gasteiger partial charge is 0.249 e. The summed E-state index contributed by atoms with van der Waals surface area (Å²) >= 11 is 18.6. The van der Waals surface area contributed by atoms with Crippen LogP contribution in [0.4, 0.5) is 5.00 Å². The van der Waals surface area contributed by atoms with E-state index in [0.717, 1.165) is 24.8 Å². The number of carbonyl (C=O) groups is 1. The third kappa shape index (κ3) is 4.49. The van der Waals surface area contributed by atoms with Gasteiger partial charge in [0.25, 0.3) is 0 Å². The van der Waals surface area contributed by atoms with Gasteiger partial charge in [0, 0.05) is 36.3 Å². The third-order valence-electron chi connectivity index (χ3n) is 3.04. The van der Waals surface area contributed by atoms with Crippen LogP contribution in [0.5, 0.6) is 0 Å². The van der Waals surface area contributed by atoms with Gasteiger partial charge in [0.2, 0.25) is 5.91 Å². The van der Waals surface area contributed by atoms with E-state index < -0.39 is 0 Å². The molecule has 0 bridgehead atoms. The van der Waals surface area contributed by atoms with Crippen LogP contribution in [0.25, 0.3) is 16.5 Å². The van der Waals surface area contributed by atoms with Crippen molar-refractivity contribution >= 4 is 78.8 Å². The van der Waals surface area contributed by atoms with Crippen molar-refractivity contribution < 1.29 is 4.79 Å². The van der Waals surface area contributed by atoms with Crippen molar-refractivity contribution in [1.82, 2.24) is 0 Å². The lowest BCUT2D eigenvalue weighted by molar-refractivity contribution is -0.111. The van der Waals surface area contributed by atoms with E-state index in [2.05, 4.69) is 21.2 Å². The molecule has 24 heavy (non-hydrogen) atoms. The zero-order valence-electron chi connectivity index (χ0n) is 12.1. The second kappa shape index (κ2) is 7.85. The number of amides is 1. The average molecular weight is 459 g/mol. The first-order chi connectivity index (χ1) is 11.5. The molecule has 0 aliphatic carbocycles. The predicted octanol–water partition coefficient (Wildman–Crippen LogP) is 7.20. The number of nitrogens with one attached hydrogen (secondary N) is 1. The highest BCUT2D eigenvalue weighted by atomic mass is 79.9. The molecule has 1 N–H and O–H groups in total. The summed E-state index contributed by atoms with van der Waals surface area (Å²) in [6, 6.07) is 11.1. The molecule has 0 aliphatic heterocycles. The lowest BCUT2D eigenvalue weighted by Crippen LogP contribution is -2.05. The van der Waals surface area contributed by atoms with E-state index in [9.17, 15) is 4.79 Å². The van der Waals surface area contributed by atoms with Gasteiger partial charge in [-0.15, -0.1) is 22.7 Å². The summed E-state index contributed by atoms with van der Waals surface area (Å²) in [6.07, 6.45) is 3.31. The average Bonchev–Trinajstić information content (AvgIpc) is 3.14. The molecule has 3 aromatic rings. The molecule has 0 fully saturated rings. The Morgan fingerprint density at radius 2 is 2.00 bits per heavy atom. The zero-order valence-corrected chi connectivity index (χ0v) is 16.8. The Labute approximate surface area is 165 Å². The van der Waals surface area contributed by atoms with Gasteiger partial charge in [0.1, 0.15) is 0 Å². The number of halogens is 3. The highest BCUT2D eigenvalue weighted by molar-refractivity contribution is 9.10. The maximum absolute atomic E-state index is 12.0. The molecule has 2 heterocycles. The first-order valence-corrected chi connectivity index (χ1v) is 10.0. The summed E-state index contributed by atoms with van der Waals surface area (Å²) in [4.78, 5) is 14.0. The van der Waals surface area contributed by atoms with Gasteiger partial charge in [-0.2, -0.15) is 0 Å². The maximum atomic E-state index is 12.0. The Kier molecular flexibility index (Phi) is 5.79. The van der Waals surface area contributed by atoms with E-state index in [0.29, 0.717) is 10.0 Å². The van der Waals surface area contributed by atoms with Gasteiger partial charge in [0.05, 0.1) is 10.0 Å². The summed E-state index contributed by atoms with van der Waals surface area (Å²) in [7, 11) is 0. The predicted molar refractivity (Wildman–Crippen MR) is 109 cm³/mol. The molecule has 7 heteroatoms. The van der Waals surface area contributed by atoms with Crippen molar-refractivity contribution in [3.63, 3.8) is 0 Å². The van der Waals surface area contributed by atoms with Crippen molar-refractivity contribution in [3.8, 4) is 10.4 Å². The minimum atomic E-state index is -0.171. The van der Waals surface area contributed by atoms with Crippen LogP contribution < -0.4 is 5.32 Å². The van der Waals surface area contributed by atoms with Gasteiger partial charge in [-0.25, -0.2) is 0 Å². The lowest BCUT2D eigenvalue weighted by Gasteiger charge is -2.01. The molecule has 2 aromatic heterocycles. The Bertz CT molecular complexity index is 917. The van der Waals surface area contributed by atoms with Gasteiger partial charge < -0.3 is 5.32 Å². The quantitative estimate of drug-likeness (QED) is 0.411. The number of anilines is 1. The van der Waals surface area contributed by atoms with Gasteiger partial charge in [0.15, 0.2) is 0 Å². The number of hydrogen-bond acceptors (Lipinski definition) is 3. The van der Waals surface area contributed by atoms with Crippen molar-refractivity contribution in [2.45, 2.75) is 0 Å². The number of thiophene rings is 2. The molecule has 0 saturated heterocycles. The SMILES string of the molecule is O=C(/C=C/c1cc(Br)cs1)Nc1ccc(-c2ccc(Cl)cc2Cl)s1. The topological polar surface area (TPSA) is 29.1 Å². The Balaban J connectivity index is 1.69. The van der Waals surface area contributed by atoms with E-state index in [-0.39, 0.29) is 5.91 Å². The number of benzene rings is 1. The van der Waals surface area contributed by atoms with Crippen LogP contribution >= 0.6 is 61.8 Å². The van der Waals surface area contributed by atoms with Crippen LogP contribution in [0.3, 0.4) is 0 Å². The number of carbonyl (C=O) groups excluding carboxylic acids is 1. The fraction of sp³-hybridized carbons (Fsp3) is 0. The van der Waals surface area contributed by atoms with Gasteiger partial charge >= 0.3 is 0 Å². The highest BCUT2D eigenvalue weighted by Gasteiger charge is 2.08. The van der Waals surface area contributed by atoms with Crippen LogP contribution in [0.15, 0.2) is 52.3 Å². The molecular weight excluding hydrogens is 449 g/mol. The van der Waals surface area contributed by atoms with Gasteiger partial charge in [-0.1, -0.05) is 29.3 Å². The van der Waals surface area contributed by atoms with Gasteiger partial charge in [-0.05, 0) is 52.3 Å². The van der Waals surface area contributed by atoms with Crippen molar-refractivity contribution in [2.24, 2.45) is 0 Å². The molecule has 0 radical (unpaired) electrons. The Morgan fingerprint density at radius 3 is 2.71 bits per heavy atom. The standard InChI is InChI=1S/C17H10BrCl2NOS2/c18-10-7-12(23-9-10)2-5-16(22)21-17-6-4-15(24-17)13-3-1-11(19)8-14(13)20/h1-9H,(H,21,22)/b5-2+. The molecule has 2 nitrogen and oxygen atoms in total. The second-order valence-electron chi connectivity index (χ2n) is 4.78. The molecular formula is C17H10BrCl2NOS2. The molecule has 3 rings (SSSR count). The molecule has 0 unspecified atom stereocenters. The number of rotatable bonds is 4. The summed E-state index contributed by atoms with van der Waals surface area (Å²) in [5.74, 6) is -0.171. The summed E-state index contributed by atoms with van der Waals surface area (Å²) in [5, 5.41) is 6.77. The summed E-state index contributed by atoms with van der Waals surface area (Å²) < 4.78 is 1.01. The Hall–Kier alpha value is -1.11. The maximum Gasteiger partial charge on any atom is 0.249 e. The molecule has 0 atom stereocenters. The minimum absolute atomic E-state index is 0.171. The molecule has 1 aromatic carbocycles. The van der Waals surface area contributed by atoms with E-state index in [1.165, 1.54) is 17.4 Å². The summed E-state index contributed by atoms with van der Waals surface area (Å²) in [5.41, 5.74) is 0.894. The van der Waals surface area contributed by atoms with E-state index in [1.54, 1.807) is 29.5 Å². The van der Waals surface area contributed by atoms with E-state index >= 15 is 0 Å². The van der Waals surface area contributed by atoms with Crippen molar-refractivity contribution in [3.05, 3.63) is 67.2 Å². The molecule has 0 saturated carbocycles. The van der Waals surface area contributed by atoms with Crippen LogP contribution in [-0.2, 0) is 4.79 Å². The highest BCUT2D eigenvalue weighted by Crippen LogP contribution is 2.36. The third-order valence-corrected chi connectivity index (χ3v) is 6.28.